The summed E-state index contributed by atoms with van der Waals surface area (Å²) >= 11 is 3.31. The number of sulfonamides is 1. The second kappa shape index (κ2) is 10.1. The molecule has 0 atom stereocenters. The fourth-order valence-corrected chi connectivity index (χ4v) is 4.02. The molecule has 0 amide bonds. The monoisotopic (exact) mass is 433 g/mol. The van der Waals surface area contributed by atoms with Gasteiger partial charge in [0.05, 0.1) is 4.90 Å². The van der Waals surface area contributed by atoms with Gasteiger partial charge in [0.15, 0.2) is 0 Å². The molecule has 1 aliphatic rings. The van der Waals surface area contributed by atoms with E-state index in [1.165, 1.54) is 0 Å². The van der Waals surface area contributed by atoms with E-state index in [-0.39, 0.29) is 24.8 Å². The normalized spacial score (nSPS) is 15.7. The molecule has 5 nitrogen and oxygen atoms in total. The summed E-state index contributed by atoms with van der Waals surface area (Å²) in [4.78, 5) is 2.60. The zero-order valence-electron chi connectivity index (χ0n) is 12.3. The Morgan fingerprint density at radius 2 is 1.91 bits per heavy atom. The van der Waals surface area contributed by atoms with Gasteiger partial charge in [-0.2, -0.15) is 0 Å². The van der Waals surface area contributed by atoms with Crippen LogP contribution in [0, 0.1) is 6.92 Å². The molecule has 0 spiro atoms. The molecule has 0 bridgehead atoms. The van der Waals surface area contributed by atoms with E-state index in [0.29, 0.717) is 11.4 Å². The molecule has 1 fully saturated rings. The van der Waals surface area contributed by atoms with Crippen LogP contribution in [0.4, 0.5) is 0 Å². The van der Waals surface area contributed by atoms with Gasteiger partial charge in [-0.15, -0.1) is 24.8 Å². The van der Waals surface area contributed by atoms with Gasteiger partial charge >= 0.3 is 0 Å². The maximum absolute atomic E-state index is 12.3. The van der Waals surface area contributed by atoms with Crippen molar-refractivity contribution in [2.75, 3.05) is 39.3 Å². The van der Waals surface area contributed by atoms with Crippen LogP contribution in [0.5, 0.6) is 0 Å². The van der Waals surface area contributed by atoms with Crippen LogP contribution in [0.2, 0.25) is 0 Å². The van der Waals surface area contributed by atoms with Gasteiger partial charge in [-0.25, -0.2) is 13.1 Å². The van der Waals surface area contributed by atoms with E-state index in [1.54, 1.807) is 19.1 Å². The first kappa shape index (κ1) is 22.1. The van der Waals surface area contributed by atoms with Crippen molar-refractivity contribution in [3.05, 3.63) is 28.2 Å². The summed E-state index contributed by atoms with van der Waals surface area (Å²) in [6.45, 7) is 6.86. The van der Waals surface area contributed by atoms with Gasteiger partial charge in [0, 0.05) is 43.7 Å². The second-order valence-electron chi connectivity index (χ2n) is 4.90. The fourth-order valence-electron chi connectivity index (χ4n) is 2.21. The van der Waals surface area contributed by atoms with Crippen molar-refractivity contribution in [1.82, 2.24) is 14.9 Å². The topological polar surface area (TPSA) is 61.4 Å². The summed E-state index contributed by atoms with van der Waals surface area (Å²) < 4.78 is 28.0. The van der Waals surface area contributed by atoms with Gasteiger partial charge in [0.25, 0.3) is 0 Å². The molecule has 0 unspecified atom stereocenters. The van der Waals surface area contributed by atoms with Crippen LogP contribution < -0.4 is 10.0 Å². The van der Waals surface area contributed by atoms with Crippen molar-refractivity contribution in [2.45, 2.75) is 11.8 Å². The van der Waals surface area contributed by atoms with Crippen LogP contribution in [-0.2, 0) is 10.0 Å². The van der Waals surface area contributed by atoms with Crippen LogP contribution in [0.1, 0.15) is 5.56 Å². The van der Waals surface area contributed by atoms with E-state index in [4.69, 9.17) is 0 Å². The second-order valence-corrected chi connectivity index (χ2v) is 7.55. The van der Waals surface area contributed by atoms with Crippen molar-refractivity contribution >= 4 is 50.8 Å². The first-order valence-electron chi connectivity index (χ1n) is 6.68. The number of rotatable bonds is 5. The Hall–Kier alpha value is 0.110. The maximum Gasteiger partial charge on any atom is 0.240 e. The Morgan fingerprint density at radius 1 is 1.27 bits per heavy atom. The molecule has 22 heavy (non-hydrogen) atoms. The van der Waals surface area contributed by atoms with E-state index in [0.717, 1.165) is 42.8 Å². The number of benzene rings is 1. The summed E-state index contributed by atoms with van der Waals surface area (Å²) in [5.41, 5.74) is 0.753. The Balaban J connectivity index is 0.00000220. The van der Waals surface area contributed by atoms with E-state index in [1.807, 2.05) is 6.07 Å². The summed E-state index contributed by atoms with van der Waals surface area (Å²) in [5.74, 6) is 0. The van der Waals surface area contributed by atoms with Crippen molar-refractivity contribution in [3.63, 3.8) is 0 Å². The van der Waals surface area contributed by atoms with Crippen LogP contribution in [-0.4, -0.2) is 52.6 Å². The Labute approximate surface area is 153 Å². The molecule has 2 rings (SSSR count). The highest BCUT2D eigenvalue weighted by Gasteiger charge is 2.17. The Bertz CT molecular complexity index is 566. The van der Waals surface area contributed by atoms with Crippen LogP contribution in [0.3, 0.4) is 0 Å². The molecule has 1 heterocycles. The highest BCUT2D eigenvalue weighted by molar-refractivity contribution is 9.10. The van der Waals surface area contributed by atoms with Crippen LogP contribution in [0.25, 0.3) is 0 Å². The summed E-state index contributed by atoms with van der Waals surface area (Å²) in [7, 11) is -3.44. The van der Waals surface area contributed by atoms with Crippen LogP contribution >= 0.6 is 40.7 Å². The minimum absolute atomic E-state index is 0. The smallest absolute Gasteiger partial charge is 0.240 e. The lowest BCUT2D eigenvalue weighted by Gasteiger charge is -2.27. The van der Waals surface area contributed by atoms with Gasteiger partial charge < -0.3 is 5.32 Å². The predicted octanol–water partition coefficient (Wildman–Crippen LogP) is 1.78. The number of hydrogen-bond acceptors (Lipinski definition) is 4. The maximum atomic E-state index is 12.3. The lowest BCUT2D eigenvalue weighted by Crippen LogP contribution is -2.46. The van der Waals surface area contributed by atoms with Gasteiger partial charge in [0.1, 0.15) is 0 Å². The summed E-state index contributed by atoms with van der Waals surface area (Å²) in [5, 5.41) is 3.28. The summed E-state index contributed by atoms with van der Waals surface area (Å²) in [6.07, 6.45) is 0. The number of nitrogens with zero attached hydrogens (tertiary/aromatic N) is 1. The lowest BCUT2D eigenvalue weighted by molar-refractivity contribution is 0.245. The molecular weight excluding hydrogens is 413 g/mol. The fraction of sp³-hybridized carbons (Fsp3) is 0.538. The Morgan fingerprint density at radius 3 is 2.55 bits per heavy atom. The largest absolute Gasteiger partial charge is 0.314 e. The molecule has 0 aliphatic carbocycles. The first-order chi connectivity index (χ1) is 9.49. The van der Waals surface area contributed by atoms with Crippen molar-refractivity contribution in [2.24, 2.45) is 0 Å². The average Bonchev–Trinajstić information content (AvgIpc) is 2.42. The van der Waals surface area contributed by atoms with E-state index < -0.39 is 10.0 Å². The lowest BCUT2D eigenvalue weighted by atomic mass is 10.2. The Kier molecular flexibility index (Phi) is 10.1. The van der Waals surface area contributed by atoms with Gasteiger partial charge in [0.2, 0.25) is 10.0 Å². The molecule has 0 radical (unpaired) electrons. The standard InChI is InChI=1S/C13H20BrN3O2S.2ClH/c1-11-2-3-12(14)10-13(11)20(18,19)16-6-9-17-7-4-15-5-8-17;;/h2-3,10,15-16H,4-9H2,1H3;2*1H. The number of halogens is 3. The zero-order valence-corrected chi connectivity index (χ0v) is 16.4. The zero-order chi connectivity index (χ0) is 14.6. The predicted molar refractivity (Wildman–Crippen MR) is 97.9 cm³/mol. The third kappa shape index (κ3) is 6.31. The molecule has 1 saturated heterocycles. The number of hydrogen-bond donors (Lipinski definition) is 2. The number of piperazine rings is 1. The minimum Gasteiger partial charge on any atom is -0.314 e. The van der Waals surface area contributed by atoms with Gasteiger partial charge in [-0.05, 0) is 24.6 Å². The molecule has 9 heteroatoms. The average molecular weight is 435 g/mol. The molecule has 1 aliphatic heterocycles. The van der Waals surface area contributed by atoms with E-state index in [2.05, 4.69) is 30.9 Å². The number of nitrogens with one attached hydrogen (secondary N) is 2. The van der Waals surface area contributed by atoms with E-state index >= 15 is 0 Å². The van der Waals surface area contributed by atoms with E-state index in [9.17, 15) is 8.42 Å². The molecule has 2 N–H and O–H groups in total. The minimum atomic E-state index is -3.44. The third-order valence-corrected chi connectivity index (χ3v) is 5.47. The quantitative estimate of drug-likeness (QED) is 0.741. The molecule has 128 valence electrons. The van der Waals surface area contributed by atoms with Crippen molar-refractivity contribution in [1.29, 1.82) is 0 Å². The first-order valence-corrected chi connectivity index (χ1v) is 8.95. The molecule has 1 aromatic carbocycles. The van der Waals surface area contributed by atoms with Crippen LogP contribution in [0.15, 0.2) is 27.6 Å². The molecular formula is C13H22BrCl2N3O2S. The molecule has 0 aromatic heterocycles. The van der Waals surface area contributed by atoms with Gasteiger partial charge in [-0.1, -0.05) is 22.0 Å². The summed E-state index contributed by atoms with van der Waals surface area (Å²) in [6, 6.07) is 5.28. The highest BCUT2D eigenvalue weighted by atomic mass is 79.9. The van der Waals surface area contributed by atoms with Crippen molar-refractivity contribution < 1.29 is 8.42 Å². The highest BCUT2D eigenvalue weighted by Crippen LogP contribution is 2.20. The SMILES string of the molecule is Cc1ccc(Br)cc1S(=O)(=O)NCCN1CCNCC1.Cl.Cl. The third-order valence-electron chi connectivity index (χ3n) is 3.37. The number of aryl methyl sites for hydroxylation is 1. The van der Waals surface area contributed by atoms with Crippen molar-refractivity contribution in [3.8, 4) is 0 Å². The molecule has 0 saturated carbocycles. The van der Waals surface area contributed by atoms with Gasteiger partial charge in [-0.3, -0.25) is 4.90 Å². The molecule has 1 aromatic rings.